The topological polar surface area (TPSA) is 77.8 Å². The smallest absolute Gasteiger partial charge is 0.303 e. The van der Waals surface area contributed by atoms with E-state index in [-0.39, 0.29) is 32.3 Å². The van der Waals surface area contributed by atoms with E-state index in [0.717, 1.165) is 0 Å². The van der Waals surface area contributed by atoms with Gasteiger partial charge in [-0.25, -0.2) is 0 Å². The summed E-state index contributed by atoms with van der Waals surface area (Å²) in [6.45, 7) is 0. The van der Waals surface area contributed by atoms with Crippen molar-refractivity contribution in [1.29, 1.82) is 0 Å². The van der Waals surface area contributed by atoms with Crippen LogP contribution in [0, 0.1) is 0 Å². The Labute approximate surface area is 65.3 Å². The van der Waals surface area contributed by atoms with E-state index in [9.17, 15) is 4.79 Å². The fraction of sp³-hybridized carbons (Fsp3) is 0.750. The molecule has 0 aromatic rings. The van der Waals surface area contributed by atoms with Crippen molar-refractivity contribution < 1.29 is 39.6 Å². The summed E-state index contributed by atoms with van der Waals surface area (Å²) in [7, 11) is 0. The average molecular weight is 185 g/mol. The Balaban J connectivity index is 0. The number of carbonyl (C=O) groups is 1. The third kappa shape index (κ3) is 11.5. The molecule has 0 bridgehead atoms. The molecule has 0 fully saturated rings. The molecular weight excluding hydrogens is 177 g/mol. The minimum atomic E-state index is -1.49. The van der Waals surface area contributed by atoms with E-state index in [1.54, 1.807) is 0 Å². The maximum absolute atomic E-state index is 9.68. The van der Waals surface area contributed by atoms with Crippen LogP contribution in [0.4, 0.5) is 0 Å². The fourth-order valence-electron chi connectivity index (χ4n) is 0.253. The Hall–Kier alpha value is 0.0134. The zero-order valence-corrected chi connectivity index (χ0v) is 7.92. The van der Waals surface area contributed by atoms with Gasteiger partial charge in [-0.1, -0.05) is 0 Å². The summed E-state index contributed by atoms with van der Waals surface area (Å²) in [5.74, 6) is -1.02. The second-order valence-electron chi connectivity index (χ2n) is 1.41. The molecule has 0 radical (unpaired) electrons. The molecule has 0 heterocycles. The average Bonchev–Trinajstić information content (AvgIpc) is 1.61. The van der Waals surface area contributed by atoms with Crippen LogP contribution in [0.3, 0.4) is 0 Å². The van der Waals surface area contributed by atoms with Gasteiger partial charge in [-0.15, -0.1) is 0 Å². The van der Waals surface area contributed by atoms with E-state index in [2.05, 4.69) is 0 Å². The Morgan fingerprint density at radius 1 is 1.44 bits per heavy atom. The molecule has 50 valence electrons. The largest absolute Gasteiger partial charge is 0.481 e. The quantitative estimate of drug-likeness (QED) is 0.396. The maximum Gasteiger partial charge on any atom is 0.303 e. The first-order valence-electron chi connectivity index (χ1n) is 2.21. The summed E-state index contributed by atoms with van der Waals surface area (Å²) in [6, 6.07) is 0. The molecule has 0 amide bonds. The van der Waals surface area contributed by atoms with E-state index in [1.807, 2.05) is 0 Å². The SMILES string of the molecule is O=C(O)CCC(O)O.[Zn]. The summed E-state index contributed by atoms with van der Waals surface area (Å²) in [5, 5.41) is 24.1. The minimum Gasteiger partial charge on any atom is -0.481 e. The third-order valence-corrected chi connectivity index (χ3v) is 0.616. The monoisotopic (exact) mass is 184 g/mol. The van der Waals surface area contributed by atoms with Crippen molar-refractivity contribution in [2.45, 2.75) is 19.1 Å². The summed E-state index contributed by atoms with van der Waals surface area (Å²) in [5.41, 5.74) is 0. The zero-order valence-electron chi connectivity index (χ0n) is 4.95. The number of rotatable bonds is 3. The summed E-state index contributed by atoms with van der Waals surface area (Å²) >= 11 is 0. The number of aliphatic hydroxyl groups is 2. The van der Waals surface area contributed by atoms with Crippen LogP contribution in [0.5, 0.6) is 0 Å². The van der Waals surface area contributed by atoms with Gasteiger partial charge in [0.25, 0.3) is 0 Å². The maximum atomic E-state index is 9.68. The number of aliphatic carboxylic acids is 1. The van der Waals surface area contributed by atoms with Gasteiger partial charge in [0, 0.05) is 25.9 Å². The molecule has 0 aliphatic carbocycles. The Morgan fingerprint density at radius 3 is 2.00 bits per heavy atom. The van der Waals surface area contributed by atoms with Gasteiger partial charge < -0.3 is 15.3 Å². The zero-order chi connectivity index (χ0) is 6.57. The molecule has 0 aliphatic heterocycles. The predicted molar refractivity (Wildman–Crippen MR) is 25.1 cm³/mol. The molecule has 3 N–H and O–H groups in total. The number of hydrogen-bond donors (Lipinski definition) is 3. The van der Waals surface area contributed by atoms with Crippen molar-refractivity contribution in [2.24, 2.45) is 0 Å². The van der Waals surface area contributed by atoms with Crippen LogP contribution in [-0.4, -0.2) is 27.6 Å². The summed E-state index contributed by atoms with van der Waals surface area (Å²) < 4.78 is 0. The molecule has 9 heavy (non-hydrogen) atoms. The molecule has 0 saturated heterocycles. The van der Waals surface area contributed by atoms with Gasteiger partial charge in [-0.3, -0.25) is 4.79 Å². The van der Waals surface area contributed by atoms with Gasteiger partial charge >= 0.3 is 5.97 Å². The van der Waals surface area contributed by atoms with E-state index >= 15 is 0 Å². The first-order chi connectivity index (χ1) is 3.63. The molecule has 0 rings (SSSR count). The Morgan fingerprint density at radius 2 is 1.89 bits per heavy atom. The first-order valence-corrected chi connectivity index (χ1v) is 2.21. The summed E-state index contributed by atoms with van der Waals surface area (Å²) in [6.07, 6.45) is -1.79. The molecule has 4 nitrogen and oxygen atoms in total. The number of hydrogen-bond acceptors (Lipinski definition) is 3. The molecule has 5 heteroatoms. The first kappa shape index (κ1) is 11.8. The third-order valence-electron chi connectivity index (χ3n) is 0.616. The summed E-state index contributed by atoms with van der Waals surface area (Å²) in [4.78, 5) is 9.68. The van der Waals surface area contributed by atoms with Crippen LogP contribution in [0.15, 0.2) is 0 Å². The van der Waals surface area contributed by atoms with E-state index in [1.165, 1.54) is 0 Å². The van der Waals surface area contributed by atoms with Crippen LogP contribution >= 0.6 is 0 Å². The van der Waals surface area contributed by atoms with Crippen molar-refractivity contribution in [3.8, 4) is 0 Å². The van der Waals surface area contributed by atoms with Gasteiger partial charge in [0.15, 0.2) is 6.29 Å². The molecule has 0 aromatic heterocycles. The molecule has 0 aromatic carbocycles. The fourth-order valence-corrected chi connectivity index (χ4v) is 0.253. The molecule has 0 saturated carbocycles. The van der Waals surface area contributed by atoms with Crippen molar-refractivity contribution in [1.82, 2.24) is 0 Å². The molecular formula is C4H8O4Zn. The molecule has 0 atom stereocenters. The van der Waals surface area contributed by atoms with Crippen molar-refractivity contribution >= 4 is 5.97 Å². The van der Waals surface area contributed by atoms with Crippen LogP contribution in [0.2, 0.25) is 0 Å². The van der Waals surface area contributed by atoms with Crippen LogP contribution < -0.4 is 0 Å². The normalized spacial score (nSPS) is 8.78. The van der Waals surface area contributed by atoms with Crippen LogP contribution in [0.1, 0.15) is 12.8 Å². The van der Waals surface area contributed by atoms with Crippen LogP contribution in [-0.2, 0) is 24.3 Å². The second kappa shape index (κ2) is 6.14. The van der Waals surface area contributed by atoms with Crippen molar-refractivity contribution in [2.75, 3.05) is 0 Å². The molecule has 0 unspecified atom stereocenters. The van der Waals surface area contributed by atoms with Gasteiger partial charge in [0.1, 0.15) is 0 Å². The van der Waals surface area contributed by atoms with Gasteiger partial charge in [0.05, 0.1) is 6.42 Å². The minimum absolute atomic E-state index is 0. The van der Waals surface area contributed by atoms with Gasteiger partial charge in [0.2, 0.25) is 0 Å². The number of aliphatic hydroxyl groups excluding tert-OH is 1. The Kier molecular flexibility index (Phi) is 8.03. The van der Waals surface area contributed by atoms with Crippen molar-refractivity contribution in [3.63, 3.8) is 0 Å². The van der Waals surface area contributed by atoms with Crippen LogP contribution in [0.25, 0.3) is 0 Å². The van der Waals surface area contributed by atoms with Gasteiger partial charge in [-0.05, 0) is 0 Å². The molecule has 0 aliphatic rings. The second-order valence-corrected chi connectivity index (χ2v) is 1.41. The standard InChI is InChI=1S/C4H8O4.Zn/c5-3(6)1-2-4(7)8;/h3,5-6H,1-2H2,(H,7,8);. The van der Waals surface area contributed by atoms with E-state index in [0.29, 0.717) is 0 Å². The number of carboxylic acids is 1. The predicted octanol–water partition coefficient (Wildman–Crippen LogP) is -0.841. The van der Waals surface area contributed by atoms with Crippen molar-refractivity contribution in [3.05, 3.63) is 0 Å². The van der Waals surface area contributed by atoms with E-state index in [4.69, 9.17) is 15.3 Å². The van der Waals surface area contributed by atoms with E-state index < -0.39 is 12.3 Å². The number of carboxylic acid groups (broad SMARTS) is 1. The molecule has 0 spiro atoms. The Bertz CT molecular complexity index is 82.6. The van der Waals surface area contributed by atoms with Gasteiger partial charge in [-0.2, -0.15) is 0 Å².